The summed E-state index contributed by atoms with van der Waals surface area (Å²) in [5.41, 5.74) is 3.90. The molecular weight excluding hydrogens is 224 g/mol. The predicted molar refractivity (Wildman–Crippen MR) is 72.1 cm³/mol. The molecule has 0 fully saturated rings. The van der Waals surface area contributed by atoms with Crippen LogP contribution in [-0.2, 0) is 28.2 Å². The molecule has 0 unspecified atom stereocenters. The molecule has 0 aliphatic heterocycles. The molecule has 2 aromatic rings. The van der Waals surface area contributed by atoms with Gasteiger partial charge in [-0.2, -0.15) is 4.68 Å². The van der Waals surface area contributed by atoms with Gasteiger partial charge in [-0.25, -0.2) is 9.13 Å². The molecule has 2 heterocycles. The van der Waals surface area contributed by atoms with Crippen molar-refractivity contribution in [3.63, 3.8) is 0 Å². The minimum absolute atomic E-state index is 1.28. The van der Waals surface area contributed by atoms with E-state index < -0.39 is 0 Å². The first kappa shape index (κ1) is 14.5. The molecule has 0 radical (unpaired) electrons. The van der Waals surface area contributed by atoms with Crippen molar-refractivity contribution < 1.29 is 9.25 Å². The summed E-state index contributed by atoms with van der Waals surface area (Å²) in [6.45, 7) is 8.42. The van der Waals surface area contributed by atoms with Crippen LogP contribution in [0.5, 0.6) is 0 Å². The van der Waals surface area contributed by atoms with Gasteiger partial charge in [0.05, 0.1) is 26.8 Å². The summed E-state index contributed by atoms with van der Waals surface area (Å²) in [5, 5.41) is 0. The number of nitrogens with zero attached hydrogens (tertiary/aromatic N) is 4. The number of rotatable bonds is 0. The zero-order chi connectivity index (χ0) is 14.0. The second-order valence-corrected chi connectivity index (χ2v) is 4.96. The van der Waals surface area contributed by atoms with Crippen LogP contribution in [0, 0.1) is 27.7 Å². The lowest BCUT2D eigenvalue weighted by Crippen LogP contribution is -2.39. The first-order valence-corrected chi connectivity index (χ1v) is 6.23. The number of aromatic nitrogens is 4. The minimum Gasteiger partial charge on any atom is -0.237 e. The number of aryl methyl sites for hydroxylation is 4. The molecule has 4 nitrogen and oxygen atoms in total. The summed E-state index contributed by atoms with van der Waals surface area (Å²) in [7, 11) is 8.25. The largest absolute Gasteiger partial charge is 0.253 e. The van der Waals surface area contributed by atoms with Crippen LogP contribution in [0.4, 0.5) is 0 Å². The molecule has 0 bridgehead atoms. The van der Waals surface area contributed by atoms with E-state index >= 15 is 0 Å². The average Bonchev–Trinajstić information content (AvgIpc) is 2.66. The number of hydrogen-bond donors (Lipinski definition) is 0. The summed E-state index contributed by atoms with van der Waals surface area (Å²) < 4.78 is 8.53. The van der Waals surface area contributed by atoms with Crippen LogP contribution in [-0.4, -0.2) is 9.25 Å². The lowest BCUT2D eigenvalue weighted by Gasteiger charge is -1.90. The van der Waals surface area contributed by atoms with Crippen LogP contribution >= 0.6 is 0 Å². The Labute approximate surface area is 110 Å². The van der Waals surface area contributed by atoms with Crippen molar-refractivity contribution in [3.05, 3.63) is 35.2 Å². The van der Waals surface area contributed by atoms with Crippen LogP contribution in [0.15, 0.2) is 12.3 Å². The molecule has 0 saturated carbocycles. The Morgan fingerprint density at radius 1 is 0.944 bits per heavy atom. The van der Waals surface area contributed by atoms with E-state index in [2.05, 4.69) is 86.6 Å². The maximum Gasteiger partial charge on any atom is 0.253 e. The van der Waals surface area contributed by atoms with Gasteiger partial charge in [0.25, 0.3) is 5.82 Å². The summed E-state index contributed by atoms with van der Waals surface area (Å²) in [5.74, 6) is 1.28. The number of imidazole rings is 1. The van der Waals surface area contributed by atoms with E-state index in [0.29, 0.717) is 0 Å². The Kier molecular flexibility index (Phi) is 4.33. The predicted octanol–water partition coefficient (Wildman–Crippen LogP) is 0.933. The van der Waals surface area contributed by atoms with Crippen molar-refractivity contribution in [2.75, 3.05) is 0 Å². The molecule has 4 heteroatoms. The van der Waals surface area contributed by atoms with E-state index in [0.717, 1.165) is 0 Å². The topological polar surface area (TPSA) is 17.6 Å². The Balaban J connectivity index is 0.000000180. The molecule has 0 atom stereocenters. The molecule has 100 valence electrons. The smallest absolute Gasteiger partial charge is 0.237 e. The molecule has 18 heavy (non-hydrogen) atoms. The molecule has 0 aliphatic rings. The van der Waals surface area contributed by atoms with Crippen LogP contribution < -0.4 is 9.25 Å². The van der Waals surface area contributed by atoms with Gasteiger partial charge < -0.3 is 0 Å². The maximum absolute atomic E-state index is 2.17. The minimum atomic E-state index is 1.28. The highest BCUT2D eigenvalue weighted by Crippen LogP contribution is 1.95. The molecule has 0 saturated heterocycles. The van der Waals surface area contributed by atoms with Crippen molar-refractivity contribution in [2.45, 2.75) is 27.7 Å². The van der Waals surface area contributed by atoms with Crippen molar-refractivity contribution in [2.24, 2.45) is 28.2 Å². The molecular formula is C14H26N4+2. The Bertz CT molecular complexity index is 451. The summed E-state index contributed by atoms with van der Waals surface area (Å²) in [6.07, 6.45) is 2.12. The summed E-state index contributed by atoms with van der Waals surface area (Å²) in [6, 6.07) is 2.17. The third-order valence-electron chi connectivity index (χ3n) is 3.79. The fourth-order valence-electron chi connectivity index (χ4n) is 1.91. The Morgan fingerprint density at radius 2 is 1.50 bits per heavy atom. The standard InChI is InChI=1S/2C7H13N2/c1-6-5-8(3)7(2)9(6)4;1-6-5-7(2)9(4)8(6)3/h2*5H,1-4H3/q2*+1. The zero-order valence-corrected chi connectivity index (χ0v) is 12.9. The Hall–Kier alpha value is -1.58. The summed E-state index contributed by atoms with van der Waals surface area (Å²) in [4.78, 5) is 0. The van der Waals surface area contributed by atoms with Crippen LogP contribution in [0.1, 0.15) is 22.9 Å². The maximum atomic E-state index is 2.17. The third kappa shape index (κ3) is 2.81. The molecule has 2 rings (SSSR count). The molecule has 0 N–H and O–H groups in total. The first-order chi connectivity index (χ1) is 8.25. The SMILES string of the molecule is Cc1c[n+](C)c(C)n1C.Cc1cc(C)[n+](C)n1C. The van der Waals surface area contributed by atoms with E-state index in [1.165, 1.54) is 22.9 Å². The van der Waals surface area contributed by atoms with Gasteiger partial charge in [0.15, 0.2) is 7.05 Å². The second-order valence-electron chi connectivity index (χ2n) is 4.96. The monoisotopic (exact) mass is 250 g/mol. The summed E-state index contributed by atoms with van der Waals surface area (Å²) >= 11 is 0. The van der Waals surface area contributed by atoms with Gasteiger partial charge in [-0.3, -0.25) is 0 Å². The van der Waals surface area contributed by atoms with Gasteiger partial charge in [0.1, 0.15) is 11.9 Å². The average molecular weight is 250 g/mol. The van der Waals surface area contributed by atoms with Gasteiger partial charge in [-0.15, -0.1) is 4.68 Å². The van der Waals surface area contributed by atoms with E-state index in [1.54, 1.807) is 0 Å². The van der Waals surface area contributed by atoms with E-state index in [-0.39, 0.29) is 0 Å². The van der Waals surface area contributed by atoms with Gasteiger partial charge >= 0.3 is 0 Å². The Morgan fingerprint density at radius 3 is 1.61 bits per heavy atom. The third-order valence-corrected chi connectivity index (χ3v) is 3.79. The van der Waals surface area contributed by atoms with Crippen LogP contribution in [0.2, 0.25) is 0 Å². The normalized spacial score (nSPS) is 10.2. The highest BCUT2D eigenvalue weighted by atomic mass is 15.4. The van der Waals surface area contributed by atoms with Crippen molar-refractivity contribution >= 4 is 0 Å². The van der Waals surface area contributed by atoms with Crippen LogP contribution in [0.25, 0.3) is 0 Å². The van der Waals surface area contributed by atoms with E-state index in [9.17, 15) is 0 Å². The highest BCUT2D eigenvalue weighted by Gasteiger charge is 2.08. The quantitative estimate of drug-likeness (QED) is 0.619. The van der Waals surface area contributed by atoms with Gasteiger partial charge in [-0.05, 0) is 6.92 Å². The van der Waals surface area contributed by atoms with Crippen molar-refractivity contribution in [3.8, 4) is 0 Å². The fourth-order valence-corrected chi connectivity index (χ4v) is 1.91. The molecule has 0 spiro atoms. The number of hydrogen-bond acceptors (Lipinski definition) is 0. The zero-order valence-electron chi connectivity index (χ0n) is 12.9. The van der Waals surface area contributed by atoms with E-state index in [1.807, 2.05) is 0 Å². The molecule has 0 aromatic carbocycles. The molecule has 2 aromatic heterocycles. The molecule has 0 amide bonds. The first-order valence-electron chi connectivity index (χ1n) is 6.23. The highest BCUT2D eigenvalue weighted by molar-refractivity contribution is 5.00. The van der Waals surface area contributed by atoms with E-state index in [4.69, 9.17) is 0 Å². The second kappa shape index (κ2) is 5.38. The van der Waals surface area contributed by atoms with Gasteiger partial charge in [0, 0.05) is 26.8 Å². The van der Waals surface area contributed by atoms with Crippen molar-refractivity contribution in [1.82, 2.24) is 9.25 Å². The van der Waals surface area contributed by atoms with Gasteiger partial charge in [-0.1, -0.05) is 0 Å². The molecule has 0 aliphatic carbocycles. The lowest BCUT2D eigenvalue weighted by molar-refractivity contribution is -0.756. The van der Waals surface area contributed by atoms with Crippen LogP contribution in [0.3, 0.4) is 0 Å². The van der Waals surface area contributed by atoms with Crippen molar-refractivity contribution in [1.29, 1.82) is 0 Å². The fraction of sp³-hybridized carbons (Fsp3) is 0.571. The van der Waals surface area contributed by atoms with Gasteiger partial charge in [0.2, 0.25) is 5.69 Å². The lowest BCUT2D eigenvalue weighted by atomic mass is 10.4.